The van der Waals surface area contributed by atoms with E-state index in [4.69, 9.17) is 4.74 Å². The Balaban J connectivity index is 1.97. The van der Waals surface area contributed by atoms with Crippen LogP contribution in [0.4, 0.5) is 0 Å². The summed E-state index contributed by atoms with van der Waals surface area (Å²) in [6.45, 7) is 4.47. The standard InChI is InChI=1S/C14H19NO5S2/c1-9-5-12(10(2)21-9)22(18,19)15-6-11-3-4-20-8-14(11,7-15)13(16)17/h5,11H,3-4,6-8H2,1-2H3,(H,16,17)/t11-,14+/m0/s1. The number of sulfonamides is 1. The molecule has 2 atom stereocenters. The molecule has 2 saturated heterocycles. The monoisotopic (exact) mass is 345 g/mol. The van der Waals surface area contributed by atoms with Crippen molar-refractivity contribution in [3.8, 4) is 0 Å². The molecule has 0 spiro atoms. The number of rotatable bonds is 3. The molecule has 3 rings (SSSR count). The quantitative estimate of drug-likeness (QED) is 0.897. The Labute approximate surface area is 133 Å². The predicted octanol–water partition coefficient (Wildman–Crippen LogP) is 1.48. The second-order valence-electron chi connectivity index (χ2n) is 6.07. The lowest BCUT2D eigenvalue weighted by molar-refractivity contribution is -0.159. The van der Waals surface area contributed by atoms with Gasteiger partial charge in [0.25, 0.3) is 0 Å². The van der Waals surface area contributed by atoms with E-state index < -0.39 is 21.4 Å². The van der Waals surface area contributed by atoms with Gasteiger partial charge in [0.05, 0.1) is 11.5 Å². The van der Waals surface area contributed by atoms with Crippen molar-refractivity contribution in [1.29, 1.82) is 0 Å². The van der Waals surface area contributed by atoms with Crippen LogP contribution in [0.1, 0.15) is 16.2 Å². The minimum absolute atomic E-state index is 0.0103. The van der Waals surface area contributed by atoms with Crippen LogP contribution in [0.3, 0.4) is 0 Å². The van der Waals surface area contributed by atoms with Crippen LogP contribution in [0, 0.1) is 25.2 Å². The third kappa shape index (κ3) is 2.29. The van der Waals surface area contributed by atoms with Crippen LogP contribution >= 0.6 is 11.3 Å². The lowest BCUT2D eigenvalue weighted by Gasteiger charge is -2.34. The highest BCUT2D eigenvalue weighted by atomic mass is 32.2. The Morgan fingerprint density at radius 2 is 2.23 bits per heavy atom. The highest BCUT2D eigenvalue weighted by Crippen LogP contribution is 2.44. The molecule has 1 aromatic heterocycles. The molecule has 6 nitrogen and oxygen atoms in total. The fourth-order valence-corrected chi connectivity index (χ4v) is 6.51. The van der Waals surface area contributed by atoms with Crippen LogP contribution in [0.2, 0.25) is 0 Å². The molecule has 0 radical (unpaired) electrons. The van der Waals surface area contributed by atoms with E-state index in [0.29, 0.717) is 17.9 Å². The average Bonchev–Trinajstić information content (AvgIpc) is 3.00. The lowest BCUT2D eigenvalue weighted by atomic mass is 9.76. The number of aliphatic carboxylic acids is 1. The van der Waals surface area contributed by atoms with Gasteiger partial charge in [-0.2, -0.15) is 4.31 Å². The van der Waals surface area contributed by atoms with Gasteiger partial charge in [-0.25, -0.2) is 8.42 Å². The number of fused-ring (bicyclic) bond motifs is 1. The minimum atomic E-state index is -3.65. The number of aryl methyl sites for hydroxylation is 2. The molecule has 0 unspecified atom stereocenters. The Bertz CT molecular complexity index is 711. The van der Waals surface area contributed by atoms with Gasteiger partial charge in [0, 0.05) is 29.5 Å². The van der Waals surface area contributed by atoms with E-state index in [2.05, 4.69) is 0 Å². The molecule has 2 aliphatic rings. The van der Waals surface area contributed by atoms with Gasteiger partial charge in [-0.1, -0.05) is 0 Å². The molecule has 8 heteroatoms. The minimum Gasteiger partial charge on any atom is -0.481 e. The van der Waals surface area contributed by atoms with Crippen molar-refractivity contribution >= 4 is 27.3 Å². The summed E-state index contributed by atoms with van der Waals surface area (Å²) in [5.41, 5.74) is -1.11. The lowest BCUT2D eigenvalue weighted by Crippen LogP contribution is -2.46. The summed E-state index contributed by atoms with van der Waals surface area (Å²) < 4.78 is 32.4. The first-order valence-electron chi connectivity index (χ1n) is 7.16. The number of hydrogen-bond donors (Lipinski definition) is 1. The topological polar surface area (TPSA) is 83.9 Å². The molecule has 0 saturated carbocycles. The average molecular weight is 345 g/mol. The summed E-state index contributed by atoms with van der Waals surface area (Å²) in [5, 5.41) is 9.61. The summed E-state index contributed by atoms with van der Waals surface area (Å²) in [6.07, 6.45) is 0.583. The number of carboxylic acid groups (broad SMARTS) is 1. The number of thiophene rings is 1. The summed E-state index contributed by atoms with van der Waals surface area (Å²) in [6, 6.07) is 1.67. The Morgan fingerprint density at radius 3 is 2.77 bits per heavy atom. The zero-order chi connectivity index (χ0) is 16.1. The summed E-state index contributed by atoms with van der Waals surface area (Å²) in [4.78, 5) is 13.7. The van der Waals surface area contributed by atoms with Gasteiger partial charge in [0.2, 0.25) is 10.0 Å². The Morgan fingerprint density at radius 1 is 1.50 bits per heavy atom. The maximum absolute atomic E-state index is 12.9. The van der Waals surface area contributed by atoms with E-state index >= 15 is 0 Å². The smallest absolute Gasteiger partial charge is 0.313 e. The molecule has 1 N–H and O–H groups in total. The Kier molecular flexibility index (Phi) is 3.83. The first kappa shape index (κ1) is 15.9. The van der Waals surface area contributed by atoms with Crippen molar-refractivity contribution in [2.75, 3.05) is 26.3 Å². The summed E-state index contributed by atoms with van der Waals surface area (Å²) >= 11 is 1.44. The fraction of sp³-hybridized carbons (Fsp3) is 0.643. The van der Waals surface area contributed by atoms with Crippen LogP contribution in [0.15, 0.2) is 11.0 Å². The zero-order valence-corrected chi connectivity index (χ0v) is 14.2. The summed E-state index contributed by atoms with van der Waals surface area (Å²) in [5.74, 6) is -1.15. The molecule has 0 amide bonds. The molecule has 22 heavy (non-hydrogen) atoms. The van der Waals surface area contributed by atoms with Crippen molar-refractivity contribution < 1.29 is 23.1 Å². The number of ether oxygens (including phenoxy) is 1. The zero-order valence-electron chi connectivity index (χ0n) is 12.5. The van der Waals surface area contributed by atoms with Crippen molar-refractivity contribution in [3.63, 3.8) is 0 Å². The molecule has 122 valence electrons. The molecule has 0 bridgehead atoms. The van der Waals surface area contributed by atoms with Crippen LogP contribution in [0.5, 0.6) is 0 Å². The molecule has 3 heterocycles. The van der Waals surface area contributed by atoms with Crippen molar-refractivity contribution in [2.24, 2.45) is 11.3 Å². The van der Waals surface area contributed by atoms with Crippen molar-refractivity contribution in [3.05, 3.63) is 15.8 Å². The number of carboxylic acids is 1. The first-order chi connectivity index (χ1) is 10.3. The van der Waals surface area contributed by atoms with Crippen LogP contribution in [-0.2, 0) is 19.6 Å². The normalized spacial score (nSPS) is 29.5. The second kappa shape index (κ2) is 5.30. The third-order valence-corrected chi connectivity index (χ3v) is 7.71. The predicted molar refractivity (Wildman–Crippen MR) is 81.5 cm³/mol. The van der Waals surface area contributed by atoms with Gasteiger partial charge in [0.1, 0.15) is 5.41 Å². The molecular formula is C14H19NO5S2. The van der Waals surface area contributed by atoms with Gasteiger partial charge in [-0.3, -0.25) is 4.79 Å². The Hall–Kier alpha value is -0.960. The molecular weight excluding hydrogens is 326 g/mol. The highest BCUT2D eigenvalue weighted by Gasteiger charge is 2.56. The number of hydrogen-bond acceptors (Lipinski definition) is 5. The molecule has 0 aromatic carbocycles. The van der Waals surface area contributed by atoms with E-state index in [9.17, 15) is 18.3 Å². The van der Waals surface area contributed by atoms with E-state index in [1.54, 1.807) is 13.0 Å². The maximum Gasteiger partial charge on any atom is 0.313 e. The van der Waals surface area contributed by atoms with E-state index in [1.807, 2.05) is 6.92 Å². The van der Waals surface area contributed by atoms with Gasteiger partial charge < -0.3 is 9.84 Å². The van der Waals surface area contributed by atoms with Crippen molar-refractivity contribution in [1.82, 2.24) is 4.31 Å². The fourth-order valence-electron chi connectivity index (χ4n) is 3.43. The van der Waals surface area contributed by atoms with Gasteiger partial charge in [0.15, 0.2) is 0 Å². The van der Waals surface area contributed by atoms with Gasteiger partial charge in [-0.15, -0.1) is 11.3 Å². The van der Waals surface area contributed by atoms with Crippen LogP contribution < -0.4 is 0 Å². The molecule has 2 fully saturated rings. The van der Waals surface area contributed by atoms with E-state index in [0.717, 1.165) is 9.75 Å². The molecule has 2 aliphatic heterocycles. The van der Waals surface area contributed by atoms with Crippen molar-refractivity contribution in [2.45, 2.75) is 25.2 Å². The van der Waals surface area contributed by atoms with Crippen LogP contribution in [-0.4, -0.2) is 50.1 Å². The van der Waals surface area contributed by atoms with Gasteiger partial charge in [-0.05, 0) is 32.3 Å². The molecule has 0 aliphatic carbocycles. The SMILES string of the molecule is Cc1cc(S(=O)(=O)N2C[C@@H]3CCOC[C@]3(C(=O)O)C2)c(C)s1. The van der Waals surface area contributed by atoms with E-state index in [1.165, 1.54) is 15.6 Å². The highest BCUT2D eigenvalue weighted by molar-refractivity contribution is 7.89. The largest absolute Gasteiger partial charge is 0.481 e. The maximum atomic E-state index is 12.9. The first-order valence-corrected chi connectivity index (χ1v) is 9.41. The van der Waals surface area contributed by atoms with E-state index in [-0.39, 0.29) is 25.6 Å². The third-order valence-electron chi connectivity index (χ3n) is 4.67. The second-order valence-corrected chi connectivity index (χ2v) is 9.44. The molecule has 1 aromatic rings. The van der Waals surface area contributed by atoms with Crippen LogP contribution in [0.25, 0.3) is 0 Å². The number of carbonyl (C=O) groups is 1. The summed E-state index contributed by atoms with van der Waals surface area (Å²) in [7, 11) is -3.65. The number of nitrogens with zero attached hydrogens (tertiary/aromatic N) is 1. The van der Waals surface area contributed by atoms with Gasteiger partial charge >= 0.3 is 5.97 Å².